The summed E-state index contributed by atoms with van der Waals surface area (Å²) in [5.74, 6) is 0.449. The number of rotatable bonds is 4. The molecule has 0 saturated heterocycles. The number of nitriles is 1. The third-order valence-corrected chi connectivity index (χ3v) is 3.40. The number of hydrogen-bond acceptors (Lipinski definition) is 3. The molecule has 0 aliphatic rings. The van der Waals surface area contributed by atoms with Gasteiger partial charge < -0.3 is 0 Å². The standard InChI is InChI=1S/C18H16N2O2/c1-13(2)15-8-6-14(7-9-15)10-17(12-19)16-4-3-5-18(11-16)20(21)22/h3-11,13H,1-2H3/b17-10-. The van der Waals surface area contributed by atoms with Crippen LogP contribution in [-0.4, -0.2) is 4.92 Å². The van der Waals surface area contributed by atoms with Gasteiger partial charge in [0, 0.05) is 12.1 Å². The molecule has 2 rings (SSSR count). The summed E-state index contributed by atoms with van der Waals surface area (Å²) in [5.41, 5.74) is 3.05. The van der Waals surface area contributed by atoms with Crippen molar-refractivity contribution in [1.29, 1.82) is 5.26 Å². The number of benzene rings is 2. The highest BCUT2D eigenvalue weighted by Gasteiger charge is 2.09. The Morgan fingerprint density at radius 2 is 1.91 bits per heavy atom. The van der Waals surface area contributed by atoms with Crippen LogP contribution in [0.3, 0.4) is 0 Å². The Morgan fingerprint density at radius 3 is 2.45 bits per heavy atom. The first-order valence-electron chi connectivity index (χ1n) is 6.98. The van der Waals surface area contributed by atoms with E-state index in [1.807, 2.05) is 24.3 Å². The lowest BCUT2D eigenvalue weighted by atomic mass is 9.99. The molecule has 110 valence electrons. The molecular weight excluding hydrogens is 276 g/mol. The summed E-state index contributed by atoms with van der Waals surface area (Å²) in [5, 5.41) is 20.2. The largest absolute Gasteiger partial charge is 0.270 e. The van der Waals surface area contributed by atoms with Crippen molar-refractivity contribution < 1.29 is 4.92 Å². The van der Waals surface area contributed by atoms with Crippen LogP contribution in [0, 0.1) is 21.4 Å². The number of nitro benzene ring substituents is 1. The van der Waals surface area contributed by atoms with E-state index in [1.165, 1.54) is 17.7 Å². The summed E-state index contributed by atoms with van der Waals surface area (Å²) >= 11 is 0. The number of hydrogen-bond donors (Lipinski definition) is 0. The lowest BCUT2D eigenvalue weighted by Crippen LogP contribution is -1.90. The molecule has 0 fully saturated rings. The summed E-state index contributed by atoms with van der Waals surface area (Å²) in [4.78, 5) is 10.4. The summed E-state index contributed by atoms with van der Waals surface area (Å²) in [6.07, 6.45) is 1.74. The van der Waals surface area contributed by atoms with Gasteiger partial charge in [0.25, 0.3) is 5.69 Å². The second-order valence-electron chi connectivity index (χ2n) is 5.30. The number of nitro groups is 1. The van der Waals surface area contributed by atoms with E-state index < -0.39 is 4.92 Å². The van der Waals surface area contributed by atoms with Crippen LogP contribution >= 0.6 is 0 Å². The van der Waals surface area contributed by atoms with Gasteiger partial charge in [-0.3, -0.25) is 10.1 Å². The molecular formula is C18H16N2O2. The molecule has 0 bridgehead atoms. The van der Waals surface area contributed by atoms with E-state index >= 15 is 0 Å². The van der Waals surface area contributed by atoms with Crippen molar-refractivity contribution in [3.05, 3.63) is 75.3 Å². The quantitative estimate of drug-likeness (QED) is 0.352. The van der Waals surface area contributed by atoms with Crippen molar-refractivity contribution in [1.82, 2.24) is 0 Å². The smallest absolute Gasteiger partial charge is 0.258 e. The van der Waals surface area contributed by atoms with Gasteiger partial charge in [0.1, 0.15) is 0 Å². The van der Waals surface area contributed by atoms with Gasteiger partial charge >= 0.3 is 0 Å². The Labute approximate surface area is 129 Å². The van der Waals surface area contributed by atoms with Crippen LogP contribution in [0.15, 0.2) is 48.5 Å². The molecule has 0 atom stereocenters. The van der Waals surface area contributed by atoms with Crippen molar-refractivity contribution in [3.63, 3.8) is 0 Å². The van der Waals surface area contributed by atoms with E-state index in [1.54, 1.807) is 18.2 Å². The zero-order chi connectivity index (χ0) is 16.1. The second-order valence-corrected chi connectivity index (χ2v) is 5.30. The van der Waals surface area contributed by atoms with Crippen molar-refractivity contribution in [2.75, 3.05) is 0 Å². The van der Waals surface area contributed by atoms with Gasteiger partial charge in [0.05, 0.1) is 16.6 Å². The molecule has 0 saturated carbocycles. The fraction of sp³-hybridized carbons (Fsp3) is 0.167. The third kappa shape index (κ3) is 3.58. The first-order chi connectivity index (χ1) is 10.5. The predicted molar refractivity (Wildman–Crippen MR) is 87.1 cm³/mol. The summed E-state index contributed by atoms with van der Waals surface area (Å²) in [7, 11) is 0. The van der Waals surface area contributed by atoms with Crippen LogP contribution in [-0.2, 0) is 0 Å². The highest BCUT2D eigenvalue weighted by molar-refractivity contribution is 5.90. The van der Waals surface area contributed by atoms with Gasteiger partial charge in [0.15, 0.2) is 0 Å². The third-order valence-electron chi connectivity index (χ3n) is 3.40. The Bertz CT molecular complexity index is 753. The lowest BCUT2D eigenvalue weighted by molar-refractivity contribution is -0.384. The first-order valence-corrected chi connectivity index (χ1v) is 6.98. The van der Waals surface area contributed by atoms with E-state index in [0.29, 0.717) is 17.1 Å². The van der Waals surface area contributed by atoms with Crippen molar-refractivity contribution in [3.8, 4) is 6.07 Å². The minimum Gasteiger partial charge on any atom is -0.258 e. The summed E-state index contributed by atoms with van der Waals surface area (Å²) in [6, 6.07) is 16.2. The molecule has 0 N–H and O–H groups in total. The van der Waals surface area contributed by atoms with Gasteiger partial charge in [0.2, 0.25) is 0 Å². The molecule has 4 heteroatoms. The summed E-state index contributed by atoms with van der Waals surface area (Å²) in [6.45, 7) is 4.24. The molecule has 2 aromatic rings. The predicted octanol–water partition coefficient (Wildman–Crippen LogP) is 4.78. The van der Waals surface area contributed by atoms with E-state index in [2.05, 4.69) is 19.9 Å². The van der Waals surface area contributed by atoms with Crippen molar-refractivity contribution in [2.24, 2.45) is 0 Å². The Morgan fingerprint density at radius 1 is 1.23 bits per heavy atom. The Kier molecular flexibility index (Phi) is 4.70. The number of allylic oxidation sites excluding steroid dienone is 1. The molecule has 0 heterocycles. The van der Waals surface area contributed by atoms with Crippen LogP contribution in [0.5, 0.6) is 0 Å². The van der Waals surface area contributed by atoms with Crippen LogP contribution < -0.4 is 0 Å². The molecule has 22 heavy (non-hydrogen) atoms. The average molecular weight is 292 g/mol. The number of nitrogens with zero attached hydrogens (tertiary/aromatic N) is 2. The topological polar surface area (TPSA) is 66.9 Å². The second kappa shape index (κ2) is 6.68. The summed E-state index contributed by atoms with van der Waals surface area (Å²) < 4.78 is 0. The van der Waals surface area contributed by atoms with Crippen LogP contribution in [0.4, 0.5) is 5.69 Å². The van der Waals surface area contributed by atoms with E-state index in [9.17, 15) is 15.4 Å². The van der Waals surface area contributed by atoms with E-state index in [4.69, 9.17) is 0 Å². The average Bonchev–Trinajstić information content (AvgIpc) is 2.53. The molecule has 4 nitrogen and oxygen atoms in total. The SMILES string of the molecule is CC(C)c1ccc(/C=C(/C#N)c2cccc([N+](=O)[O-])c2)cc1. The first kappa shape index (κ1) is 15.5. The Balaban J connectivity index is 2.37. The van der Waals surface area contributed by atoms with Crippen molar-refractivity contribution in [2.45, 2.75) is 19.8 Å². The van der Waals surface area contributed by atoms with Gasteiger partial charge in [-0.15, -0.1) is 0 Å². The maximum absolute atomic E-state index is 10.8. The molecule has 0 unspecified atom stereocenters. The maximum Gasteiger partial charge on any atom is 0.270 e. The fourth-order valence-electron chi connectivity index (χ4n) is 2.11. The van der Waals surface area contributed by atoms with Gasteiger partial charge in [-0.2, -0.15) is 5.26 Å². The molecule has 2 aromatic carbocycles. The van der Waals surface area contributed by atoms with E-state index in [0.717, 1.165) is 5.56 Å². The molecule has 0 amide bonds. The van der Waals surface area contributed by atoms with Crippen LogP contribution in [0.25, 0.3) is 11.6 Å². The minimum absolute atomic E-state index is 0.0196. The normalized spacial score (nSPS) is 11.3. The maximum atomic E-state index is 10.8. The number of non-ortho nitro benzene ring substituents is 1. The molecule has 0 aliphatic carbocycles. The highest BCUT2D eigenvalue weighted by Crippen LogP contribution is 2.23. The van der Waals surface area contributed by atoms with Crippen molar-refractivity contribution >= 4 is 17.3 Å². The lowest BCUT2D eigenvalue weighted by Gasteiger charge is -2.05. The fourth-order valence-corrected chi connectivity index (χ4v) is 2.11. The van der Waals surface area contributed by atoms with Crippen LogP contribution in [0.2, 0.25) is 0 Å². The molecule has 0 radical (unpaired) electrons. The minimum atomic E-state index is -0.462. The molecule has 0 aliphatic heterocycles. The highest BCUT2D eigenvalue weighted by atomic mass is 16.6. The van der Waals surface area contributed by atoms with Gasteiger partial charge in [-0.05, 0) is 28.7 Å². The zero-order valence-electron chi connectivity index (χ0n) is 12.5. The zero-order valence-corrected chi connectivity index (χ0v) is 12.5. The molecule has 0 spiro atoms. The van der Waals surface area contributed by atoms with E-state index in [-0.39, 0.29) is 5.69 Å². The van der Waals surface area contributed by atoms with Gasteiger partial charge in [-0.25, -0.2) is 0 Å². The molecule has 0 aromatic heterocycles. The monoisotopic (exact) mass is 292 g/mol. The Hall–Kier alpha value is -2.93. The van der Waals surface area contributed by atoms with Crippen LogP contribution in [0.1, 0.15) is 36.5 Å². The van der Waals surface area contributed by atoms with Gasteiger partial charge in [-0.1, -0.05) is 50.2 Å².